The lowest BCUT2D eigenvalue weighted by Gasteiger charge is -2.06. The zero-order valence-corrected chi connectivity index (χ0v) is 13.2. The van der Waals surface area contributed by atoms with Gasteiger partial charge in [0.25, 0.3) is 0 Å². The maximum Gasteiger partial charge on any atom is 0.307 e. The summed E-state index contributed by atoms with van der Waals surface area (Å²) < 4.78 is 0. The molecule has 3 aromatic carbocycles. The molecule has 0 heterocycles. The van der Waals surface area contributed by atoms with Crippen molar-refractivity contribution >= 4 is 18.1 Å². The van der Waals surface area contributed by atoms with Crippen molar-refractivity contribution in [3.8, 4) is 11.1 Å². The number of carboxylic acids is 1. The zero-order valence-electron chi connectivity index (χ0n) is 13.2. The predicted molar refractivity (Wildman–Crippen MR) is 98.6 cm³/mol. The van der Waals surface area contributed by atoms with Crippen LogP contribution in [0.25, 0.3) is 23.3 Å². The van der Waals surface area contributed by atoms with Crippen molar-refractivity contribution in [2.75, 3.05) is 0 Å². The Balaban J connectivity index is 1.84. The summed E-state index contributed by atoms with van der Waals surface area (Å²) in [6.07, 6.45) is 4.20. The van der Waals surface area contributed by atoms with Crippen molar-refractivity contribution in [3.63, 3.8) is 0 Å². The van der Waals surface area contributed by atoms with Gasteiger partial charge in [-0.05, 0) is 27.8 Å². The lowest BCUT2D eigenvalue weighted by atomic mass is 9.99. The highest BCUT2D eigenvalue weighted by Gasteiger charge is 2.02. The quantitative estimate of drug-likeness (QED) is 0.661. The van der Waals surface area contributed by atoms with E-state index in [-0.39, 0.29) is 6.42 Å². The molecule has 118 valence electrons. The summed E-state index contributed by atoms with van der Waals surface area (Å²) in [5, 5.41) is 8.81. The lowest BCUT2D eigenvalue weighted by Crippen LogP contribution is -1.99. The van der Waals surface area contributed by atoms with Crippen molar-refractivity contribution < 1.29 is 9.90 Å². The third-order valence-corrected chi connectivity index (χ3v) is 3.84. The van der Waals surface area contributed by atoms with Crippen LogP contribution >= 0.6 is 0 Å². The average Bonchev–Trinajstić information content (AvgIpc) is 2.62. The Kier molecular flexibility index (Phi) is 4.87. The first-order valence-corrected chi connectivity index (χ1v) is 7.85. The first-order valence-electron chi connectivity index (χ1n) is 7.85. The van der Waals surface area contributed by atoms with Crippen LogP contribution in [-0.2, 0) is 11.2 Å². The predicted octanol–water partition coefficient (Wildman–Crippen LogP) is 5.15. The van der Waals surface area contributed by atoms with E-state index >= 15 is 0 Å². The van der Waals surface area contributed by atoms with Crippen LogP contribution in [0.2, 0.25) is 0 Å². The van der Waals surface area contributed by atoms with Gasteiger partial charge in [0.2, 0.25) is 0 Å². The molecule has 0 amide bonds. The summed E-state index contributed by atoms with van der Waals surface area (Å²) in [6, 6.07) is 26.2. The number of hydrogen-bond donors (Lipinski definition) is 1. The molecule has 0 aliphatic rings. The molecule has 0 aromatic heterocycles. The Bertz CT molecular complexity index is 847. The van der Waals surface area contributed by atoms with E-state index in [9.17, 15) is 4.79 Å². The van der Waals surface area contributed by atoms with Gasteiger partial charge in [0.05, 0.1) is 6.42 Å². The summed E-state index contributed by atoms with van der Waals surface area (Å²) in [6.45, 7) is 0. The summed E-state index contributed by atoms with van der Waals surface area (Å²) in [7, 11) is 0. The van der Waals surface area contributed by atoms with Crippen LogP contribution in [-0.4, -0.2) is 11.1 Å². The molecule has 1 N–H and O–H groups in total. The molecule has 0 aliphatic heterocycles. The smallest absolute Gasteiger partial charge is 0.307 e. The van der Waals surface area contributed by atoms with Gasteiger partial charge in [0, 0.05) is 0 Å². The van der Waals surface area contributed by atoms with E-state index in [0.717, 1.165) is 16.7 Å². The topological polar surface area (TPSA) is 37.3 Å². The van der Waals surface area contributed by atoms with Crippen LogP contribution in [0.15, 0.2) is 78.9 Å². The molecule has 0 radical (unpaired) electrons. The summed E-state index contributed by atoms with van der Waals surface area (Å²) in [4.78, 5) is 10.7. The average molecular weight is 314 g/mol. The molecule has 24 heavy (non-hydrogen) atoms. The van der Waals surface area contributed by atoms with Crippen LogP contribution in [0.4, 0.5) is 0 Å². The Labute approximate surface area is 141 Å². The monoisotopic (exact) mass is 314 g/mol. The minimum Gasteiger partial charge on any atom is -0.481 e. The second-order valence-corrected chi connectivity index (χ2v) is 5.60. The first kappa shape index (κ1) is 15.8. The van der Waals surface area contributed by atoms with Gasteiger partial charge in [0.15, 0.2) is 0 Å². The van der Waals surface area contributed by atoms with Gasteiger partial charge in [-0.2, -0.15) is 0 Å². The van der Waals surface area contributed by atoms with E-state index in [1.165, 1.54) is 11.1 Å². The van der Waals surface area contributed by atoms with E-state index in [1.54, 1.807) is 0 Å². The molecule has 0 fully saturated rings. The van der Waals surface area contributed by atoms with E-state index in [1.807, 2.05) is 60.7 Å². The first-order chi connectivity index (χ1) is 11.7. The third-order valence-electron chi connectivity index (χ3n) is 3.84. The molecule has 0 atom stereocenters. The zero-order chi connectivity index (χ0) is 16.8. The van der Waals surface area contributed by atoms with E-state index in [4.69, 9.17) is 5.11 Å². The highest BCUT2D eigenvalue weighted by atomic mass is 16.4. The van der Waals surface area contributed by atoms with Gasteiger partial charge in [-0.15, -0.1) is 0 Å². The molecule has 3 aromatic rings. The molecule has 0 saturated carbocycles. The highest BCUT2D eigenvalue weighted by Crippen LogP contribution is 2.25. The van der Waals surface area contributed by atoms with Gasteiger partial charge in [-0.1, -0.05) is 91.0 Å². The molecule has 0 aliphatic carbocycles. The van der Waals surface area contributed by atoms with E-state index in [2.05, 4.69) is 30.3 Å². The fourth-order valence-corrected chi connectivity index (χ4v) is 2.63. The van der Waals surface area contributed by atoms with Gasteiger partial charge in [0.1, 0.15) is 0 Å². The van der Waals surface area contributed by atoms with Gasteiger partial charge < -0.3 is 5.11 Å². The molecule has 0 unspecified atom stereocenters. The second kappa shape index (κ2) is 7.42. The normalized spacial score (nSPS) is 10.8. The lowest BCUT2D eigenvalue weighted by molar-refractivity contribution is -0.136. The van der Waals surface area contributed by atoms with Crippen LogP contribution in [0.1, 0.15) is 16.7 Å². The summed E-state index contributed by atoms with van der Waals surface area (Å²) in [5.41, 5.74) is 5.39. The van der Waals surface area contributed by atoms with E-state index in [0.29, 0.717) is 0 Å². The molecule has 0 bridgehead atoms. The van der Waals surface area contributed by atoms with Crippen molar-refractivity contribution in [2.24, 2.45) is 0 Å². The SMILES string of the molecule is O=C(O)Cc1ccc(/C=C/c2ccccc2-c2ccccc2)cc1. The van der Waals surface area contributed by atoms with Crippen molar-refractivity contribution in [1.82, 2.24) is 0 Å². The third kappa shape index (κ3) is 3.99. The summed E-state index contributed by atoms with van der Waals surface area (Å²) >= 11 is 0. The molecule has 2 nitrogen and oxygen atoms in total. The second-order valence-electron chi connectivity index (χ2n) is 5.60. The Morgan fingerprint density at radius 2 is 1.46 bits per heavy atom. The molecular formula is C22H18O2. The van der Waals surface area contributed by atoms with Crippen LogP contribution in [0.3, 0.4) is 0 Å². The van der Waals surface area contributed by atoms with Crippen molar-refractivity contribution in [1.29, 1.82) is 0 Å². The Morgan fingerprint density at radius 1 is 0.792 bits per heavy atom. The van der Waals surface area contributed by atoms with Crippen molar-refractivity contribution in [3.05, 3.63) is 95.6 Å². The van der Waals surface area contributed by atoms with Gasteiger partial charge in [-0.25, -0.2) is 0 Å². The fourth-order valence-electron chi connectivity index (χ4n) is 2.63. The Morgan fingerprint density at radius 3 is 2.17 bits per heavy atom. The van der Waals surface area contributed by atoms with Crippen LogP contribution in [0.5, 0.6) is 0 Å². The highest BCUT2D eigenvalue weighted by molar-refractivity contribution is 5.81. The fraction of sp³-hybridized carbons (Fsp3) is 0.0455. The molecule has 0 saturated heterocycles. The Hall–Kier alpha value is -3.13. The molecular weight excluding hydrogens is 296 g/mol. The minimum atomic E-state index is -0.810. The minimum absolute atomic E-state index is 0.0564. The molecule has 0 spiro atoms. The number of rotatable bonds is 5. The van der Waals surface area contributed by atoms with Crippen molar-refractivity contribution in [2.45, 2.75) is 6.42 Å². The van der Waals surface area contributed by atoms with Crippen LogP contribution in [0, 0.1) is 0 Å². The maximum absolute atomic E-state index is 10.7. The molecule has 2 heteroatoms. The maximum atomic E-state index is 10.7. The number of carboxylic acid groups (broad SMARTS) is 1. The number of carbonyl (C=O) groups is 1. The van der Waals surface area contributed by atoms with Gasteiger partial charge >= 0.3 is 5.97 Å². The standard InChI is InChI=1S/C22H18O2/c23-22(24)16-18-12-10-17(11-13-18)14-15-20-8-4-5-9-21(20)19-6-2-1-3-7-19/h1-15H,16H2,(H,23,24)/b15-14+. The number of aliphatic carboxylic acids is 1. The number of benzene rings is 3. The number of hydrogen-bond acceptors (Lipinski definition) is 1. The van der Waals surface area contributed by atoms with Crippen LogP contribution < -0.4 is 0 Å². The largest absolute Gasteiger partial charge is 0.481 e. The van der Waals surface area contributed by atoms with E-state index < -0.39 is 5.97 Å². The summed E-state index contributed by atoms with van der Waals surface area (Å²) in [5.74, 6) is -0.810. The van der Waals surface area contributed by atoms with Gasteiger partial charge in [-0.3, -0.25) is 4.79 Å². The molecule has 3 rings (SSSR count).